The number of H-pyrrole nitrogens is 2. The molecule has 3 rings (SSSR count). The van der Waals surface area contributed by atoms with Gasteiger partial charge in [0.25, 0.3) is 5.56 Å². The third-order valence-electron chi connectivity index (χ3n) is 2.46. The average molecular weight is 211 g/mol. The third-order valence-corrected chi connectivity index (χ3v) is 2.46. The summed E-state index contributed by atoms with van der Waals surface area (Å²) >= 11 is 0. The van der Waals surface area contributed by atoms with Crippen molar-refractivity contribution < 1.29 is 0 Å². The molecular weight excluding hydrogens is 202 g/mol. The topological polar surface area (TPSA) is 61.5 Å². The highest BCUT2D eigenvalue weighted by Crippen LogP contribution is 2.16. The molecule has 4 nitrogen and oxygen atoms in total. The van der Waals surface area contributed by atoms with Crippen molar-refractivity contribution in [2.75, 3.05) is 0 Å². The Balaban J connectivity index is 2.27. The molecule has 2 N–H and O–H groups in total. The fourth-order valence-corrected chi connectivity index (χ4v) is 1.69. The number of aromatic amines is 2. The largest absolute Gasteiger partial charge is 0.338 e. The van der Waals surface area contributed by atoms with Crippen LogP contribution in [-0.4, -0.2) is 15.0 Å². The van der Waals surface area contributed by atoms with Crippen LogP contribution in [-0.2, 0) is 0 Å². The van der Waals surface area contributed by atoms with Crippen molar-refractivity contribution in [3.05, 3.63) is 52.9 Å². The first-order valence-electron chi connectivity index (χ1n) is 4.97. The molecule has 0 fully saturated rings. The van der Waals surface area contributed by atoms with Crippen LogP contribution in [0.3, 0.4) is 0 Å². The minimum absolute atomic E-state index is 0.137. The van der Waals surface area contributed by atoms with Crippen molar-refractivity contribution in [2.45, 2.75) is 0 Å². The van der Waals surface area contributed by atoms with Gasteiger partial charge in [-0.2, -0.15) is 0 Å². The fraction of sp³-hybridized carbons (Fsp3) is 0. The van der Waals surface area contributed by atoms with Gasteiger partial charge in [-0.25, -0.2) is 4.98 Å². The highest BCUT2D eigenvalue weighted by atomic mass is 16.1. The molecule has 0 atom stereocenters. The van der Waals surface area contributed by atoms with Crippen LogP contribution in [0.25, 0.3) is 22.4 Å². The van der Waals surface area contributed by atoms with Crippen molar-refractivity contribution in [3.8, 4) is 11.4 Å². The summed E-state index contributed by atoms with van der Waals surface area (Å²) in [5.41, 5.74) is 2.21. The van der Waals surface area contributed by atoms with Gasteiger partial charge in [0.05, 0.1) is 16.6 Å². The third kappa shape index (κ3) is 1.32. The Bertz CT molecular complexity index is 663. The number of rotatable bonds is 1. The molecule has 0 bridgehead atoms. The van der Waals surface area contributed by atoms with E-state index < -0.39 is 0 Å². The van der Waals surface area contributed by atoms with Gasteiger partial charge in [-0.15, -0.1) is 0 Å². The number of hydrogen-bond donors (Lipinski definition) is 2. The van der Waals surface area contributed by atoms with Crippen molar-refractivity contribution in [2.24, 2.45) is 0 Å². The fourth-order valence-electron chi connectivity index (χ4n) is 1.69. The predicted molar refractivity (Wildman–Crippen MR) is 62.2 cm³/mol. The van der Waals surface area contributed by atoms with Gasteiger partial charge >= 0.3 is 0 Å². The zero-order valence-electron chi connectivity index (χ0n) is 8.40. The molecule has 16 heavy (non-hydrogen) atoms. The molecule has 3 aromatic rings. The molecular formula is C12H9N3O. The van der Waals surface area contributed by atoms with Gasteiger partial charge in [0.15, 0.2) is 0 Å². The number of aromatic nitrogens is 3. The number of pyridine rings is 1. The standard InChI is InChI=1S/C12H9N3O/c16-12-8(4-3-7-13-12)11-14-9-5-1-2-6-10(9)15-11/h1-7H,(H,13,16)(H,14,15). The van der Waals surface area contributed by atoms with Crippen molar-refractivity contribution in [3.63, 3.8) is 0 Å². The molecule has 0 radical (unpaired) electrons. The maximum Gasteiger partial charge on any atom is 0.258 e. The zero-order valence-corrected chi connectivity index (χ0v) is 8.40. The first-order chi connectivity index (χ1) is 7.84. The van der Waals surface area contributed by atoms with Gasteiger partial charge < -0.3 is 9.97 Å². The summed E-state index contributed by atoms with van der Waals surface area (Å²) in [5.74, 6) is 0.600. The van der Waals surface area contributed by atoms with Gasteiger partial charge in [0, 0.05) is 6.20 Å². The van der Waals surface area contributed by atoms with Crippen LogP contribution in [0, 0.1) is 0 Å². The molecule has 0 aliphatic carbocycles. The number of imidazole rings is 1. The number of hydrogen-bond acceptors (Lipinski definition) is 2. The lowest BCUT2D eigenvalue weighted by molar-refractivity contribution is 1.21. The number of para-hydroxylation sites is 2. The van der Waals surface area contributed by atoms with Crippen LogP contribution in [0.15, 0.2) is 47.4 Å². The smallest absolute Gasteiger partial charge is 0.258 e. The van der Waals surface area contributed by atoms with Crippen molar-refractivity contribution in [1.29, 1.82) is 0 Å². The zero-order chi connectivity index (χ0) is 11.0. The van der Waals surface area contributed by atoms with Crippen LogP contribution >= 0.6 is 0 Å². The van der Waals surface area contributed by atoms with E-state index in [-0.39, 0.29) is 5.56 Å². The molecule has 0 amide bonds. The lowest BCUT2D eigenvalue weighted by atomic mass is 10.3. The molecule has 4 heteroatoms. The summed E-state index contributed by atoms with van der Waals surface area (Å²) < 4.78 is 0. The first-order valence-corrected chi connectivity index (χ1v) is 4.97. The molecule has 1 aromatic carbocycles. The molecule has 78 valence electrons. The number of fused-ring (bicyclic) bond motifs is 1. The molecule has 0 saturated heterocycles. The highest BCUT2D eigenvalue weighted by Gasteiger charge is 2.07. The van der Waals surface area contributed by atoms with Gasteiger partial charge in [-0.1, -0.05) is 12.1 Å². The van der Waals surface area contributed by atoms with Crippen molar-refractivity contribution in [1.82, 2.24) is 15.0 Å². The van der Waals surface area contributed by atoms with Crippen LogP contribution in [0.2, 0.25) is 0 Å². The second-order valence-electron chi connectivity index (χ2n) is 3.52. The van der Waals surface area contributed by atoms with Gasteiger partial charge in [0.1, 0.15) is 5.82 Å². The predicted octanol–water partition coefficient (Wildman–Crippen LogP) is 1.92. The van der Waals surface area contributed by atoms with Gasteiger partial charge in [-0.3, -0.25) is 4.79 Å². The van der Waals surface area contributed by atoms with Crippen LogP contribution in [0.4, 0.5) is 0 Å². The Morgan fingerprint density at radius 1 is 1.06 bits per heavy atom. The highest BCUT2D eigenvalue weighted by molar-refractivity contribution is 5.78. The van der Waals surface area contributed by atoms with E-state index in [0.29, 0.717) is 11.4 Å². The second kappa shape index (κ2) is 3.34. The minimum atomic E-state index is -0.137. The Hall–Kier alpha value is -2.36. The Morgan fingerprint density at radius 3 is 2.75 bits per heavy atom. The Kier molecular flexibility index (Phi) is 1.86. The van der Waals surface area contributed by atoms with Crippen LogP contribution in [0.1, 0.15) is 0 Å². The van der Waals surface area contributed by atoms with E-state index in [1.165, 1.54) is 0 Å². The van der Waals surface area contributed by atoms with E-state index in [1.807, 2.05) is 24.3 Å². The van der Waals surface area contributed by atoms with Crippen LogP contribution in [0.5, 0.6) is 0 Å². The van der Waals surface area contributed by atoms with E-state index in [2.05, 4.69) is 15.0 Å². The summed E-state index contributed by atoms with van der Waals surface area (Å²) in [4.78, 5) is 21.7. The van der Waals surface area contributed by atoms with E-state index in [1.54, 1.807) is 18.3 Å². The van der Waals surface area contributed by atoms with E-state index in [4.69, 9.17) is 0 Å². The summed E-state index contributed by atoms with van der Waals surface area (Å²) in [7, 11) is 0. The molecule has 0 unspecified atom stereocenters. The molecule has 2 aromatic heterocycles. The molecule has 0 aliphatic heterocycles. The van der Waals surface area contributed by atoms with E-state index in [9.17, 15) is 4.79 Å². The summed E-state index contributed by atoms with van der Waals surface area (Å²) in [6.07, 6.45) is 1.61. The second-order valence-corrected chi connectivity index (χ2v) is 3.52. The van der Waals surface area contributed by atoms with Gasteiger partial charge in [0.2, 0.25) is 0 Å². The van der Waals surface area contributed by atoms with Gasteiger partial charge in [-0.05, 0) is 24.3 Å². The number of nitrogens with zero attached hydrogens (tertiary/aromatic N) is 1. The molecule has 2 heterocycles. The Labute approximate surface area is 91.0 Å². The maximum absolute atomic E-state index is 11.6. The summed E-state index contributed by atoms with van der Waals surface area (Å²) in [5, 5.41) is 0. The minimum Gasteiger partial charge on any atom is -0.338 e. The molecule has 0 aliphatic rings. The lowest BCUT2D eigenvalue weighted by Gasteiger charge is -1.92. The van der Waals surface area contributed by atoms with E-state index >= 15 is 0 Å². The monoisotopic (exact) mass is 211 g/mol. The Morgan fingerprint density at radius 2 is 1.94 bits per heavy atom. The van der Waals surface area contributed by atoms with E-state index in [0.717, 1.165) is 11.0 Å². The SMILES string of the molecule is O=c1[nH]cccc1-c1nc2ccccc2[nH]1. The maximum atomic E-state index is 11.6. The molecule has 0 spiro atoms. The van der Waals surface area contributed by atoms with Crippen LogP contribution < -0.4 is 5.56 Å². The first kappa shape index (κ1) is 8.91. The normalized spacial score (nSPS) is 10.8. The average Bonchev–Trinajstić information content (AvgIpc) is 2.73. The summed E-state index contributed by atoms with van der Waals surface area (Å²) in [6, 6.07) is 11.2. The summed E-state index contributed by atoms with van der Waals surface area (Å²) in [6.45, 7) is 0. The quantitative estimate of drug-likeness (QED) is 0.646. The lowest BCUT2D eigenvalue weighted by Crippen LogP contribution is -2.07. The number of nitrogens with one attached hydrogen (secondary N) is 2. The van der Waals surface area contributed by atoms with Crippen molar-refractivity contribution >= 4 is 11.0 Å². The number of benzene rings is 1. The molecule has 0 saturated carbocycles.